The fraction of sp³-hybridized carbons (Fsp3) is 0.357. The Hall–Kier alpha value is -1.97. The molecule has 0 aliphatic carbocycles. The van der Waals surface area contributed by atoms with Gasteiger partial charge in [-0.25, -0.2) is 0 Å². The van der Waals surface area contributed by atoms with Gasteiger partial charge >= 0.3 is 0 Å². The number of aryl methyl sites for hydroxylation is 1. The van der Waals surface area contributed by atoms with Crippen molar-refractivity contribution in [2.24, 2.45) is 4.99 Å². The van der Waals surface area contributed by atoms with Crippen LogP contribution >= 0.6 is 0 Å². The number of hydrogen-bond acceptors (Lipinski definition) is 3. The molecular weight excluding hydrogens is 228 g/mol. The SMILES string of the molecule is CCc1cooc2c3c(ccc2[nH]1)CCN=CC3. The van der Waals surface area contributed by atoms with Crippen LogP contribution in [0.1, 0.15) is 23.7 Å². The summed E-state index contributed by atoms with van der Waals surface area (Å²) in [4.78, 5) is 7.68. The molecule has 0 atom stereocenters. The third kappa shape index (κ3) is 1.94. The minimum Gasteiger partial charge on any atom is -0.353 e. The molecule has 1 aromatic carbocycles. The minimum absolute atomic E-state index is 0.792. The van der Waals surface area contributed by atoms with Gasteiger partial charge in [-0.1, -0.05) is 13.0 Å². The Morgan fingerprint density at radius 2 is 2.33 bits per heavy atom. The van der Waals surface area contributed by atoms with Crippen molar-refractivity contribution in [3.8, 4) is 0 Å². The van der Waals surface area contributed by atoms with Crippen molar-refractivity contribution in [2.45, 2.75) is 26.2 Å². The molecule has 0 radical (unpaired) electrons. The number of aromatic amines is 1. The molecule has 0 saturated heterocycles. The summed E-state index contributed by atoms with van der Waals surface area (Å²) in [6.45, 7) is 2.92. The Balaban J connectivity index is 2.29. The molecule has 0 spiro atoms. The van der Waals surface area contributed by atoms with Crippen LogP contribution in [0.4, 0.5) is 0 Å². The number of aromatic nitrogens is 1. The van der Waals surface area contributed by atoms with Gasteiger partial charge in [0, 0.05) is 24.7 Å². The van der Waals surface area contributed by atoms with E-state index in [1.807, 2.05) is 6.21 Å². The average Bonchev–Trinajstić information content (AvgIpc) is 2.75. The molecule has 2 aromatic rings. The van der Waals surface area contributed by atoms with E-state index in [2.05, 4.69) is 29.0 Å². The normalized spacial score (nSPS) is 14.3. The maximum absolute atomic E-state index is 5.43. The fourth-order valence-corrected chi connectivity index (χ4v) is 2.26. The molecular formula is C14H16N2O2. The maximum atomic E-state index is 5.43. The third-order valence-electron chi connectivity index (χ3n) is 3.29. The van der Waals surface area contributed by atoms with Gasteiger partial charge < -0.3 is 4.98 Å². The van der Waals surface area contributed by atoms with E-state index in [1.54, 1.807) is 6.26 Å². The molecule has 0 fully saturated rings. The second-order valence-corrected chi connectivity index (χ2v) is 4.42. The summed E-state index contributed by atoms with van der Waals surface area (Å²) in [5.41, 5.74) is 5.23. The molecule has 4 heteroatoms. The van der Waals surface area contributed by atoms with E-state index in [-0.39, 0.29) is 0 Å². The van der Waals surface area contributed by atoms with Gasteiger partial charge in [0.15, 0.2) is 6.26 Å². The zero-order valence-electron chi connectivity index (χ0n) is 10.4. The van der Waals surface area contributed by atoms with Crippen LogP contribution in [-0.4, -0.2) is 17.7 Å². The predicted molar refractivity (Wildman–Crippen MR) is 70.6 cm³/mol. The highest BCUT2D eigenvalue weighted by molar-refractivity contribution is 5.80. The third-order valence-corrected chi connectivity index (χ3v) is 3.29. The molecule has 1 N–H and O–H groups in total. The number of benzene rings is 1. The summed E-state index contributed by atoms with van der Waals surface area (Å²) >= 11 is 0. The lowest BCUT2D eigenvalue weighted by Crippen LogP contribution is -1.95. The van der Waals surface area contributed by atoms with Crippen molar-refractivity contribution in [1.82, 2.24) is 4.98 Å². The van der Waals surface area contributed by atoms with Gasteiger partial charge in [0.2, 0.25) is 5.58 Å². The number of nitrogens with one attached hydrogen (secondary N) is 1. The summed E-state index contributed by atoms with van der Waals surface area (Å²) in [7, 11) is 0. The van der Waals surface area contributed by atoms with Gasteiger partial charge in [-0.3, -0.25) is 14.1 Å². The Kier molecular flexibility index (Phi) is 2.92. The minimum atomic E-state index is 0.792. The van der Waals surface area contributed by atoms with E-state index in [0.29, 0.717) is 0 Å². The van der Waals surface area contributed by atoms with Gasteiger partial charge in [0.1, 0.15) is 0 Å². The lowest BCUT2D eigenvalue weighted by molar-refractivity contribution is 0.0682. The topological polar surface area (TPSA) is 54.4 Å². The number of rotatable bonds is 1. The Bertz CT molecular complexity index is 629. The molecule has 0 amide bonds. The first-order valence-corrected chi connectivity index (χ1v) is 6.31. The van der Waals surface area contributed by atoms with Gasteiger partial charge in [0.25, 0.3) is 0 Å². The van der Waals surface area contributed by atoms with E-state index in [0.717, 1.165) is 42.6 Å². The van der Waals surface area contributed by atoms with Crippen molar-refractivity contribution in [3.63, 3.8) is 0 Å². The highest BCUT2D eigenvalue weighted by atomic mass is 17.0. The zero-order valence-corrected chi connectivity index (χ0v) is 10.4. The van der Waals surface area contributed by atoms with Crippen LogP contribution in [0.25, 0.3) is 11.1 Å². The van der Waals surface area contributed by atoms with Crippen LogP contribution in [0, 0.1) is 0 Å². The molecule has 0 unspecified atom stereocenters. The van der Waals surface area contributed by atoms with Gasteiger partial charge in [-0.15, -0.1) is 0 Å². The number of H-pyrrole nitrogens is 1. The van der Waals surface area contributed by atoms with Crippen molar-refractivity contribution in [1.29, 1.82) is 0 Å². The van der Waals surface area contributed by atoms with Crippen molar-refractivity contribution in [2.75, 3.05) is 6.54 Å². The lowest BCUT2D eigenvalue weighted by atomic mass is 10.0. The predicted octanol–water partition coefficient (Wildman–Crippen LogP) is 3.21. The van der Waals surface area contributed by atoms with Crippen LogP contribution in [0.2, 0.25) is 0 Å². The van der Waals surface area contributed by atoms with Crippen LogP contribution in [0.5, 0.6) is 0 Å². The highest BCUT2D eigenvalue weighted by Gasteiger charge is 2.11. The Morgan fingerprint density at radius 1 is 1.39 bits per heavy atom. The van der Waals surface area contributed by atoms with Crippen LogP contribution in [0.15, 0.2) is 32.5 Å². The number of hydrogen-bond donors (Lipinski definition) is 1. The molecule has 0 saturated carbocycles. The smallest absolute Gasteiger partial charge is 0.205 e. The van der Waals surface area contributed by atoms with Crippen molar-refractivity contribution >= 4 is 17.3 Å². The quantitative estimate of drug-likeness (QED) is 0.783. The van der Waals surface area contributed by atoms with Crippen LogP contribution < -0.4 is 0 Å². The number of nitrogens with zero attached hydrogens (tertiary/aromatic N) is 1. The molecule has 4 nitrogen and oxygen atoms in total. The monoisotopic (exact) mass is 244 g/mol. The first-order chi connectivity index (χ1) is 8.88. The first-order valence-electron chi connectivity index (χ1n) is 6.31. The average molecular weight is 244 g/mol. The summed E-state index contributed by atoms with van der Waals surface area (Å²) in [5.74, 6) is 0. The van der Waals surface area contributed by atoms with Gasteiger partial charge in [0.05, 0.1) is 11.2 Å². The van der Waals surface area contributed by atoms with Crippen LogP contribution in [-0.2, 0) is 19.3 Å². The fourth-order valence-electron chi connectivity index (χ4n) is 2.26. The number of fused-ring (bicyclic) bond motifs is 3. The van der Waals surface area contributed by atoms with E-state index in [4.69, 9.17) is 9.15 Å². The molecule has 3 rings (SSSR count). The molecule has 2 heterocycles. The lowest BCUT2D eigenvalue weighted by Gasteiger charge is -2.04. The van der Waals surface area contributed by atoms with Crippen molar-refractivity contribution in [3.05, 3.63) is 35.2 Å². The highest BCUT2D eigenvalue weighted by Crippen LogP contribution is 2.23. The Morgan fingerprint density at radius 3 is 3.22 bits per heavy atom. The molecule has 94 valence electrons. The second kappa shape index (κ2) is 4.72. The van der Waals surface area contributed by atoms with E-state index < -0.39 is 0 Å². The van der Waals surface area contributed by atoms with Crippen LogP contribution in [0.3, 0.4) is 0 Å². The number of aliphatic imine (C=N–C) groups is 1. The summed E-state index contributed by atoms with van der Waals surface area (Å²) in [6, 6.07) is 4.20. The zero-order chi connectivity index (χ0) is 12.4. The molecule has 18 heavy (non-hydrogen) atoms. The molecule has 1 aliphatic heterocycles. The van der Waals surface area contributed by atoms with E-state index in [1.165, 1.54) is 11.1 Å². The summed E-state index contributed by atoms with van der Waals surface area (Å²) in [5, 5.41) is 0. The molecule has 0 bridgehead atoms. The molecule has 1 aromatic heterocycles. The molecule has 1 aliphatic rings. The van der Waals surface area contributed by atoms with E-state index in [9.17, 15) is 0 Å². The first kappa shape index (κ1) is 11.1. The second-order valence-electron chi connectivity index (χ2n) is 4.42. The summed E-state index contributed by atoms with van der Waals surface area (Å²) in [6.07, 6.45) is 6.20. The van der Waals surface area contributed by atoms with Gasteiger partial charge in [-0.2, -0.15) is 0 Å². The maximum Gasteiger partial charge on any atom is 0.205 e. The van der Waals surface area contributed by atoms with Gasteiger partial charge in [-0.05, 0) is 24.5 Å². The largest absolute Gasteiger partial charge is 0.353 e. The summed E-state index contributed by atoms with van der Waals surface area (Å²) < 4.78 is 10.6. The van der Waals surface area contributed by atoms with E-state index >= 15 is 0 Å². The Labute approximate surface area is 105 Å². The van der Waals surface area contributed by atoms with Crippen molar-refractivity contribution < 1.29 is 9.15 Å². The standard InChI is InChI=1S/C14H16N2O2/c1-2-11-9-17-18-14-12-6-8-15-7-5-10(12)3-4-13(14)16-11/h3-4,8-9,16H,2,5-7H2,1H3.